The monoisotopic (exact) mass is 530 g/mol. The predicted molar refractivity (Wildman–Crippen MR) is 160 cm³/mol. The van der Waals surface area contributed by atoms with E-state index < -0.39 is 13.7 Å². The largest absolute Gasteiger partial charge is 0.465 e. The van der Waals surface area contributed by atoms with Crippen LogP contribution in [-0.4, -0.2) is 27.5 Å². The summed E-state index contributed by atoms with van der Waals surface area (Å²) in [7, 11) is -2.70. The van der Waals surface area contributed by atoms with Crippen molar-refractivity contribution in [2.75, 3.05) is 13.2 Å². The third kappa shape index (κ3) is 5.48. The van der Waals surface area contributed by atoms with Gasteiger partial charge in [-0.05, 0) is 67.4 Å². The summed E-state index contributed by atoms with van der Waals surface area (Å²) < 4.78 is 13.4. The van der Waals surface area contributed by atoms with E-state index in [2.05, 4.69) is 101 Å². The highest BCUT2D eigenvalue weighted by molar-refractivity contribution is 6.99. The molecule has 0 aromatic heterocycles. The molecule has 2 aliphatic rings. The van der Waals surface area contributed by atoms with Gasteiger partial charge in [0.05, 0.1) is 12.0 Å². The molecule has 0 fully saturated rings. The molecular weight excluding hydrogens is 484 g/mol. The van der Waals surface area contributed by atoms with Crippen LogP contribution in [0.5, 0.6) is 0 Å². The summed E-state index contributed by atoms with van der Waals surface area (Å²) in [5, 5.41) is 2.50. The number of rotatable bonds is 7. The van der Waals surface area contributed by atoms with Crippen molar-refractivity contribution in [2.24, 2.45) is 16.7 Å². The summed E-state index contributed by atoms with van der Waals surface area (Å²) in [5.74, 6) is -0.0755. The molecule has 0 radical (unpaired) electrons. The van der Waals surface area contributed by atoms with Crippen molar-refractivity contribution in [1.29, 1.82) is 0 Å². The van der Waals surface area contributed by atoms with Gasteiger partial charge < -0.3 is 9.16 Å². The molecule has 0 aliphatic heterocycles. The predicted octanol–water partition coefficient (Wildman–Crippen LogP) is 7.22. The molecule has 4 rings (SSSR count). The zero-order valence-corrected chi connectivity index (χ0v) is 25.5. The second-order valence-corrected chi connectivity index (χ2v) is 17.7. The van der Waals surface area contributed by atoms with E-state index in [0.29, 0.717) is 13.2 Å². The fraction of sp³-hybridized carbons (Fsp3) is 0.500. The highest BCUT2D eigenvalue weighted by atomic mass is 28.4. The Balaban J connectivity index is 1.76. The first-order chi connectivity index (χ1) is 17.9. The van der Waals surface area contributed by atoms with E-state index in [1.54, 1.807) is 0 Å². The lowest BCUT2D eigenvalue weighted by Gasteiger charge is -2.48. The van der Waals surface area contributed by atoms with Crippen molar-refractivity contribution < 1.29 is 14.0 Å². The SMILES string of the molecule is CC(C)(C)C(=O)OC[C@H]1C=CC2=C(CCCC2)[C@@]1(C)CO[Si](c1ccccc1)(c1ccccc1)C(C)(C)C. The third-order valence-corrected chi connectivity index (χ3v) is 13.5. The van der Waals surface area contributed by atoms with Gasteiger partial charge in [0.1, 0.15) is 0 Å². The Kier molecular flexibility index (Phi) is 8.25. The van der Waals surface area contributed by atoms with Gasteiger partial charge in [-0.2, -0.15) is 0 Å². The average Bonchev–Trinajstić information content (AvgIpc) is 2.88. The quantitative estimate of drug-likeness (QED) is 0.280. The second kappa shape index (κ2) is 11.0. The van der Waals surface area contributed by atoms with Gasteiger partial charge in [0, 0.05) is 17.9 Å². The second-order valence-electron chi connectivity index (χ2n) is 13.4. The van der Waals surface area contributed by atoms with Gasteiger partial charge in [-0.1, -0.05) is 106 Å². The van der Waals surface area contributed by atoms with Crippen molar-refractivity contribution >= 4 is 24.7 Å². The van der Waals surface area contributed by atoms with Gasteiger partial charge in [-0.15, -0.1) is 0 Å². The van der Waals surface area contributed by atoms with E-state index in [9.17, 15) is 4.79 Å². The first-order valence-corrected chi connectivity index (χ1v) is 16.1. The molecule has 0 unspecified atom stereocenters. The molecule has 2 aromatic rings. The minimum absolute atomic E-state index is 0.0730. The Labute approximate surface area is 231 Å². The Morgan fingerprint density at radius 3 is 1.97 bits per heavy atom. The molecular formula is C34H46O3Si. The number of esters is 1. The number of hydrogen-bond donors (Lipinski definition) is 0. The standard InChI is InChI=1S/C34H46O3Si/c1-32(2,3)31(35)36-24-27-23-22-26-16-14-15-21-30(26)34(27,7)25-37-38(33(4,5)6,28-17-10-8-11-18-28)29-19-12-9-13-20-29/h8-13,17-20,22-23,27H,14-16,21,24-25H2,1-7H3/t27-,34+/m1/s1. The van der Waals surface area contributed by atoms with Crippen molar-refractivity contribution in [3.05, 3.63) is 84.0 Å². The Morgan fingerprint density at radius 2 is 1.45 bits per heavy atom. The maximum Gasteiger partial charge on any atom is 0.311 e. The van der Waals surface area contributed by atoms with Crippen LogP contribution in [0.3, 0.4) is 0 Å². The molecule has 0 heterocycles. The zero-order chi connectivity index (χ0) is 27.6. The van der Waals surface area contributed by atoms with Crippen LogP contribution in [0.25, 0.3) is 0 Å². The normalized spacial score (nSPS) is 22.2. The van der Waals surface area contributed by atoms with Gasteiger partial charge in [0.2, 0.25) is 0 Å². The third-order valence-electron chi connectivity index (χ3n) is 8.56. The molecule has 3 nitrogen and oxygen atoms in total. The van der Waals surface area contributed by atoms with E-state index in [1.165, 1.54) is 34.4 Å². The van der Waals surface area contributed by atoms with Gasteiger partial charge in [-0.3, -0.25) is 4.79 Å². The smallest absolute Gasteiger partial charge is 0.311 e. The molecule has 0 spiro atoms. The van der Waals surface area contributed by atoms with Crippen LogP contribution in [0.1, 0.15) is 74.1 Å². The van der Waals surface area contributed by atoms with Crippen molar-refractivity contribution in [2.45, 2.75) is 79.2 Å². The minimum Gasteiger partial charge on any atom is -0.465 e. The molecule has 0 amide bonds. The molecule has 204 valence electrons. The first-order valence-electron chi connectivity index (χ1n) is 14.2. The van der Waals surface area contributed by atoms with Gasteiger partial charge in [0.25, 0.3) is 8.32 Å². The molecule has 2 atom stereocenters. The maximum absolute atomic E-state index is 12.7. The van der Waals surface area contributed by atoms with Crippen molar-refractivity contribution in [3.63, 3.8) is 0 Å². The molecule has 38 heavy (non-hydrogen) atoms. The van der Waals surface area contributed by atoms with Crippen LogP contribution >= 0.6 is 0 Å². The fourth-order valence-corrected chi connectivity index (χ4v) is 10.9. The lowest BCUT2D eigenvalue weighted by molar-refractivity contribution is -0.155. The topological polar surface area (TPSA) is 35.5 Å². The van der Waals surface area contributed by atoms with Crippen LogP contribution in [0.15, 0.2) is 84.0 Å². The highest BCUT2D eigenvalue weighted by Gasteiger charge is 2.52. The molecule has 4 heteroatoms. The van der Waals surface area contributed by atoms with E-state index in [1.807, 2.05) is 20.8 Å². The van der Waals surface area contributed by atoms with Crippen molar-refractivity contribution in [1.82, 2.24) is 0 Å². The van der Waals surface area contributed by atoms with E-state index in [-0.39, 0.29) is 22.3 Å². The lowest BCUT2D eigenvalue weighted by atomic mass is 9.64. The average molecular weight is 531 g/mol. The number of ether oxygens (including phenoxy) is 1. The molecule has 0 saturated carbocycles. The van der Waals surface area contributed by atoms with E-state index in [0.717, 1.165) is 12.8 Å². The summed E-state index contributed by atoms with van der Waals surface area (Å²) in [6, 6.07) is 21.7. The highest BCUT2D eigenvalue weighted by Crippen LogP contribution is 2.49. The van der Waals surface area contributed by atoms with Crippen LogP contribution in [0.2, 0.25) is 5.04 Å². The van der Waals surface area contributed by atoms with Crippen LogP contribution in [-0.2, 0) is 14.0 Å². The molecule has 0 saturated heterocycles. The molecule has 2 aliphatic carbocycles. The number of hydrogen-bond acceptors (Lipinski definition) is 3. The summed E-state index contributed by atoms with van der Waals surface area (Å²) in [6.45, 7) is 16.1. The minimum atomic E-state index is -2.70. The van der Waals surface area contributed by atoms with Crippen LogP contribution in [0, 0.1) is 16.7 Å². The number of carbonyl (C=O) groups is 1. The lowest BCUT2D eigenvalue weighted by Crippen LogP contribution is -2.67. The Morgan fingerprint density at radius 1 is 0.895 bits per heavy atom. The zero-order valence-electron chi connectivity index (χ0n) is 24.5. The maximum atomic E-state index is 12.7. The van der Waals surface area contributed by atoms with Crippen molar-refractivity contribution in [3.8, 4) is 0 Å². The molecule has 0 bridgehead atoms. The number of allylic oxidation sites excluding steroid dienone is 2. The Hall–Kier alpha value is -2.43. The summed E-state index contributed by atoms with van der Waals surface area (Å²) in [4.78, 5) is 12.7. The molecule has 2 aromatic carbocycles. The van der Waals surface area contributed by atoms with Gasteiger partial charge >= 0.3 is 5.97 Å². The van der Waals surface area contributed by atoms with Gasteiger partial charge in [0.15, 0.2) is 0 Å². The number of benzene rings is 2. The summed E-state index contributed by atoms with van der Waals surface area (Å²) in [5.41, 5.74) is 2.20. The molecule has 0 N–H and O–H groups in total. The number of carbonyl (C=O) groups excluding carboxylic acids is 1. The van der Waals surface area contributed by atoms with Crippen LogP contribution < -0.4 is 10.4 Å². The van der Waals surface area contributed by atoms with Crippen LogP contribution in [0.4, 0.5) is 0 Å². The van der Waals surface area contributed by atoms with E-state index in [4.69, 9.17) is 9.16 Å². The fourth-order valence-electron chi connectivity index (χ4n) is 6.27. The first kappa shape index (κ1) is 28.6. The van der Waals surface area contributed by atoms with Gasteiger partial charge in [-0.25, -0.2) is 0 Å². The summed E-state index contributed by atoms with van der Waals surface area (Å²) in [6.07, 6.45) is 9.23. The summed E-state index contributed by atoms with van der Waals surface area (Å²) >= 11 is 0. The Bertz CT molecular complexity index is 1130. The van der Waals surface area contributed by atoms with E-state index >= 15 is 0 Å².